The molecule has 2 atom stereocenters. The summed E-state index contributed by atoms with van der Waals surface area (Å²) in [6, 6.07) is 8.18. The molecule has 0 unspecified atom stereocenters. The molecule has 120 valence electrons. The van der Waals surface area contributed by atoms with E-state index in [1.165, 1.54) is 12.8 Å². The van der Waals surface area contributed by atoms with Crippen LogP contribution in [0.1, 0.15) is 24.0 Å². The zero-order valence-corrected chi connectivity index (χ0v) is 13.5. The molecule has 0 bridgehead atoms. The Bertz CT molecular complexity index is 512. The lowest BCUT2D eigenvalue weighted by atomic mass is 9.97. The van der Waals surface area contributed by atoms with Crippen LogP contribution in [0.25, 0.3) is 0 Å². The number of rotatable bonds is 5. The lowest BCUT2D eigenvalue weighted by Crippen LogP contribution is -2.37. The second-order valence-corrected chi connectivity index (χ2v) is 6.98. The molecule has 0 spiro atoms. The third kappa shape index (κ3) is 3.33. The second kappa shape index (κ2) is 6.39. The molecule has 1 aromatic rings. The first-order chi connectivity index (χ1) is 10.6. The predicted molar refractivity (Wildman–Crippen MR) is 86.3 cm³/mol. The molecule has 2 fully saturated rings. The third-order valence-corrected chi connectivity index (χ3v) is 5.14. The van der Waals surface area contributed by atoms with Crippen LogP contribution < -0.4 is 0 Å². The number of hydrogen-bond acceptors (Lipinski definition) is 3. The van der Waals surface area contributed by atoms with Gasteiger partial charge in [0, 0.05) is 19.1 Å². The summed E-state index contributed by atoms with van der Waals surface area (Å²) in [6.07, 6.45) is 3.13. The number of likely N-dealkylation sites (tertiary alicyclic amines) is 1. The van der Waals surface area contributed by atoms with E-state index in [1.807, 2.05) is 29.2 Å². The normalized spacial score (nSPS) is 25.0. The Kier molecular flexibility index (Phi) is 4.50. The number of carbonyl (C=O) groups is 1. The highest BCUT2D eigenvalue weighted by atomic mass is 16.3. The number of benzene rings is 1. The smallest absolute Gasteiger partial charge is 0.227 e. The highest BCUT2D eigenvalue weighted by Crippen LogP contribution is 2.42. The molecule has 0 radical (unpaired) electrons. The van der Waals surface area contributed by atoms with Gasteiger partial charge in [-0.1, -0.05) is 24.3 Å². The van der Waals surface area contributed by atoms with Crippen molar-refractivity contribution in [3.63, 3.8) is 0 Å². The Morgan fingerprint density at radius 3 is 2.36 bits per heavy atom. The van der Waals surface area contributed by atoms with Crippen molar-refractivity contribution >= 4 is 5.91 Å². The molecule has 22 heavy (non-hydrogen) atoms. The number of aliphatic hydroxyl groups excluding tert-OH is 1. The lowest BCUT2D eigenvalue weighted by molar-refractivity contribution is -0.129. The molecule has 1 heterocycles. The molecular weight excluding hydrogens is 276 g/mol. The topological polar surface area (TPSA) is 43.8 Å². The summed E-state index contributed by atoms with van der Waals surface area (Å²) in [6.45, 7) is 1.83. The van der Waals surface area contributed by atoms with Crippen molar-refractivity contribution in [2.75, 3.05) is 27.2 Å². The van der Waals surface area contributed by atoms with Crippen molar-refractivity contribution in [1.29, 1.82) is 0 Å². The number of hydrogen-bond donors (Lipinski definition) is 1. The fourth-order valence-electron chi connectivity index (χ4n) is 3.60. The zero-order valence-electron chi connectivity index (χ0n) is 13.5. The van der Waals surface area contributed by atoms with E-state index in [1.54, 1.807) is 0 Å². The van der Waals surface area contributed by atoms with Gasteiger partial charge in [-0.25, -0.2) is 0 Å². The Balaban J connectivity index is 1.62. The summed E-state index contributed by atoms with van der Waals surface area (Å²) in [5, 5.41) is 9.07. The molecule has 1 amide bonds. The van der Waals surface area contributed by atoms with Gasteiger partial charge < -0.3 is 14.9 Å². The predicted octanol–water partition coefficient (Wildman–Crippen LogP) is 1.52. The van der Waals surface area contributed by atoms with Crippen molar-refractivity contribution in [1.82, 2.24) is 9.80 Å². The number of carbonyl (C=O) groups excluding carboxylic acids is 1. The van der Waals surface area contributed by atoms with Crippen LogP contribution in [0.3, 0.4) is 0 Å². The van der Waals surface area contributed by atoms with Gasteiger partial charge in [0.2, 0.25) is 5.91 Å². The molecule has 3 rings (SSSR count). The van der Waals surface area contributed by atoms with Crippen LogP contribution in [0, 0.1) is 11.8 Å². The molecule has 1 saturated carbocycles. The van der Waals surface area contributed by atoms with Crippen LogP contribution in [-0.4, -0.2) is 54.0 Å². The van der Waals surface area contributed by atoms with Gasteiger partial charge >= 0.3 is 0 Å². The SMILES string of the molecule is CN(C)[C@H]1CN(C(=O)Cc2ccc(CO)cc2)C[C@@H]1C1CC1. The Morgan fingerprint density at radius 1 is 1.18 bits per heavy atom. The molecule has 1 saturated heterocycles. The first-order valence-electron chi connectivity index (χ1n) is 8.21. The Morgan fingerprint density at radius 2 is 1.82 bits per heavy atom. The molecule has 2 aliphatic rings. The molecule has 1 N–H and O–H groups in total. The summed E-state index contributed by atoms with van der Waals surface area (Å²) in [5.41, 5.74) is 1.91. The highest BCUT2D eigenvalue weighted by molar-refractivity contribution is 5.79. The van der Waals surface area contributed by atoms with Gasteiger partial charge in [0.1, 0.15) is 0 Å². The van der Waals surface area contributed by atoms with Crippen LogP contribution in [0.5, 0.6) is 0 Å². The van der Waals surface area contributed by atoms with E-state index < -0.39 is 0 Å². The van der Waals surface area contributed by atoms with Crippen molar-refractivity contribution in [2.45, 2.75) is 31.9 Å². The van der Waals surface area contributed by atoms with Gasteiger partial charge in [-0.05, 0) is 49.9 Å². The van der Waals surface area contributed by atoms with Gasteiger partial charge in [-0.2, -0.15) is 0 Å². The van der Waals surface area contributed by atoms with Crippen LogP contribution in [0.15, 0.2) is 24.3 Å². The minimum Gasteiger partial charge on any atom is -0.392 e. The summed E-state index contributed by atoms with van der Waals surface area (Å²) in [4.78, 5) is 16.9. The van der Waals surface area contributed by atoms with Crippen LogP contribution in [0.4, 0.5) is 0 Å². The minimum absolute atomic E-state index is 0.0495. The van der Waals surface area contributed by atoms with Gasteiger partial charge in [0.15, 0.2) is 0 Å². The average molecular weight is 302 g/mol. The van der Waals surface area contributed by atoms with E-state index in [-0.39, 0.29) is 12.5 Å². The van der Waals surface area contributed by atoms with Crippen LogP contribution >= 0.6 is 0 Å². The first kappa shape index (κ1) is 15.5. The summed E-state index contributed by atoms with van der Waals surface area (Å²) in [5.74, 6) is 1.71. The molecule has 4 heteroatoms. The van der Waals surface area contributed by atoms with E-state index in [0.717, 1.165) is 30.1 Å². The molecule has 1 aliphatic carbocycles. The molecule has 1 aliphatic heterocycles. The number of nitrogens with zero attached hydrogens (tertiary/aromatic N) is 2. The van der Waals surface area contributed by atoms with Crippen molar-refractivity contribution in [2.24, 2.45) is 11.8 Å². The average Bonchev–Trinajstić information content (AvgIpc) is 3.26. The second-order valence-electron chi connectivity index (χ2n) is 6.98. The van der Waals surface area contributed by atoms with Gasteiger partial charge in [-0.15, -0.1) is 0 Å². The van der Waals surface area contributed by atoms with E-state index in [9.17, 15) is 4.79 Å². The van der Waals surface area contributed by atoms with Crippen molar-refractivity contribution in [3.8, 4) is 0 Å². The van der Waals surface area contributed by atoms with Crippen LogP contribution in [-0.2, 0) is 17.8 Å². The van der Waals surface area contributed by atoms with Gasteiger partial charge in [-0.3, -0.25) is 4.79 Å². The summed E-state index contributed by atoms with van der Waals surface area (Å²) >= 11 is 0. The summed E-state index contributed by atoms with van der Waals surface area (Å²) < 4.78 is 0. The monoisotopic (exact) mass is 302 g/mol. The summed E-state index contributed by atoms with van der Waals surface area (Å²) in [7, 11) is 4.25. The molecule has 0 aromatic heterocycles. The van der Waals surface area contributed by atoms with Crippen molar-refractivity contribution < 1.29 is 9.90 Å². The van der Waals surface area contributed by atoms with Gasteiger partial charge in [0.25, 0.3) is 0 Å². The number of amides is 1. The maximum atomic E-state index is 12.6. The fourth-order valence-corrected chi connectivity index (χ4v) is 3.60. The molecular formula is C18H26N2O2. The quantitative estimate of drug-likeness (QED) is 0.897. The lowest BCUT2D eigenvalue weighted by Gasteiger charge is -2.24. The van der Waals surface area contributed by atoms with Crippen molar-refractivity contribution in [3.05, 3.63) is 35.4 Å². The number of aliphatic hydroxyl groups is 1. The highest BCUT2D eigenvalue weighted by Gasteiger charge is 2.44. The maximum absolute atomic E-state index is 12.6. The standard InChI is InChI=1S/C18H26N2O2/c1-19(2)17-11-20(10-16(17)15-7-8-15)18(22)9-13-3-5-14(12-21)6-4-13/h3-6,15-17,21H,7-12H2,1-2H3/t16-,17+/m1/s1. The van der Waals surface area contributed by atoms with E-state index >= 15 is 0 Å². The van der Waals surface area contributed by atoms with Crippen LogP contribution in [0.2, 0.25) is 0 Å². The number of likely N-dealkylation sites (N-methyl/N-ethyl adjacent to an activating group) is 1. The first-order valence-corrected chi connectivity index (χ1v) is 8.21. The molecule has 1 aromatic carbocycles. The minimum atomic E-state index is 0.0495. The van der Waals surface area contributed by atoms with E-state index in [2.05, 4.69) is 19.0 Å². The third-order valence-electron chi connectivity index (χ3n) is 5.14. The van der Waals surface area contributed by atoms with E-state index in [0.29, 0.717) is 18.4 Å². The van der Waals surface area contributed by atoms with Gasteiger partial charge in [0.05, 0.1) is 13.0 Å². The Labute approximate surface area is 132 Å². The zero-order chi connectivity index (χ0) is 15.7. The molecule has 4 nitrogen and oxygen atoms in total. The Hall–Kier alpha value is -1.39. The maximum Gasteiger partial charge on any atom is 0.227 e. The largest absolute Gasteiger partial charge is 0.392 e. The van der Waals surface area contributed by atoms with E-state index in [4.69, 9.17) is 5.11 Å². The fraction of sp³-hybridized carbons (Fsp3) is 0.611.